The Kier molecular flexibility index (Phi) is 13.4. The molecule has 0 bridgehead atoms. The number of hydrogen-bond donors (Lipinski definition) is 3. The van der Waals surface area contributed by atoms with Crippen LogP contribution in [-0.2, 0) is 6.42 Å². The van der Waals surface area contributed by atoms with Crippen LogP contribution in [0.4, 0.5) is 0 Å². The van der Waals surface area contributed by atoms with E-state index < -0.39 is 0 Å². The van der Waals surface area contributed by atoms with Gasteiger partial charge in [0, 0.05) is 0 Å². The first-order valence-electron chi connectivity index (χ1n) is 3.45. The van der Waals surface area contributed by atoms with Crippen molar-refractivity contribution in [3.8, 4) is 11.5 Å². The molecule has 0 heterocycles. The van der Waals surface area contributed by atoms with Crippen LogP contribution >= 0.6 is 12.4 Å². The van der Waals surface area contributed by atoms with Gasteiger partial charge in [-0.15, -0.1) is 12.4 Å². The smallest absolute Gasteiger partial charge is 0.870 e. The molecule has 0 aliphatic carbocycles. The third-order valence-corrected chi connectivity index (χ3v) is 1.47. The molecule has 0 fully saturated rings. The molecule has 0 saturated heterocycles. The van der Waals surface area contributed by atoms with Gasteiger partial charge in [0.1, 0.15) is 0 Å². The van der Waals surface area contributed by atoms with Gasteiger partial charge in [0.15, 0.2) is 11.5 Å². The first-order chi connectivity index (χ1) is 5.24. The Bertz CT molecular complexity index is 260. The quantitative estimate of drug-likeness (QED) is 0.398. The van der Waals surface area contributed by atoms with E-state index in [-0.39, 0.29) is 58.9 Å². The second-order valence-electron chi connectivity index (χ2n) is 2.36. The molecule has 1 aromatic rings. The molecule has 0 aromatic heterocycles. The first kappa shape index (κ1) is 19.6. The van der Waals surface area contributed by atoms with Crippen LogP contribution in [0.5, 0.6) is 11.5 Å². The number of halogens is 1. The Hall–Kier alpha value is 0.0300. The van der Waals surface area contributed by atoms with Gasteiger partial charge in [0.05, 0.1) is 0 Å². The van der Waals surface area contributed by atoms with Crippen molar-refractivity contribution in [2.75, 3.05) is 6.54 Å². The summed E-state index contributed by atoms with van der Waals surface area (Å²) in [5.74, 6) is -0.179. The standard InChI is InChI=1S/C8H11NO2.ClH.Na.H2O/c9-4-3-6-1-2-7(10)8(11)5-6;;;/h1-2,5,10-11H,3-4,9H2;1H;;1H2/q;;+1;/p-1. The van der Waals surface area contributed by atoms with Gasteiger partial charge >= 0.3 is 29.6 Å². The van der Waals surface area contributed by atoms with Crippen molar-refractivity contribution in [3.63, 3.8) is 0 Å². The monoisotopic (exact) mass is 229 g/mol. The molecule has 76 valence electrons. The minimum absolute atomic E-state index is 0. The minimum atomic E-state index is -0.0919. The van der Waals surface area contributed by atoms with Crippen molar-refractivity contribution < 1.29 is 45.2 Å². The Labute approximate surface area is 111 Å². The number of phenolic OH excluding ortho intramolecular Hbond substituents is 2. The summed E-state index contributed by atoms with van der Waals surface area (Å²) < 4.78 is 0. The van der Waals surface area contributed by atoms with E-state index in [4.69, 9.17) is 15.9 Å². The van der Waals surface area contributed by atoms with Crippen LogP contribution in [-0.4, -0.2) is 22.2 Å². The van der Waals surface area contributed by atoms with Gasteiger partial charge in [0.2, 0.25) is 0 Å². The molecule has 1 aromatic carbocycles. The van der Waals surface area contributed by atoms with E-state index in [9.17, 15) is 0 Å². The molecule has 6 heteroatoms. The van der Waals surface area contributed by atoms with Gasteiger partial charge in [-0.1, -0.05) is 6.07 Å². The molecular formula is C8H13ClNNaO3. The summed E-state index contributed by atoms with van der Waals surface area (Å²) in [5, 5.41) is 18.0. The van der Waals surface area contributed by atoms with Crippen LogP contribution < -0.4 is 35.3 Å². The SMILES string of the molecule is Cl.NCCc1ccc(O)c(O)c1.[Na+].[OH-]. The van der Waals surface area contributed by atoms with Crippen LogP contribution in [0.15, 0.2) is 18.2 Å². The maximum atomic E-state index is 9.04. The molecule has 4 nitrogen and oxygen atoms in total. The van der Waals surface area contributed by atoms with E-state index in [1.165, 1.54) is 12.1 Å². The molecule has 0 saturated carbocycles. The number of benzene rings is 1. The number of nitrogens with two attached hydrogens (primary N) is 1. The maximum Gasteiger partial charge on any atom is 1.00 e. The zero-order valence-electron chi connectivity index (χ0n) is 7.97. The fraction of sp³-hybridized carbons (Fsp3) is 0.250. The molecule has 0 radical (unpaired) electrons. The van der Waals surface area contributed by atoms with E-state index in [2.05, 4.69) is 0 Å². The van der Waals surface area contributed by atoms with Crippen LogP contribution in [0.1, 0.15) is 5.56 Å². The molecule has 0 unspecified atom stereocenters. The van der Waals surface area contributed by atoms with Gasteiger partial charge in [-0.05, 0) is 30.7 Å². The third kappa shape index (κ3) is 5.70. The summed E-state index contributed by atoms with van der Waals surface area (Å²) >= 11 is 0. The molecular weight excluding hydrogens is 217 g/mol. The summed E-state index contributed by atoms with van der Waals surface area (Å²) in [6.07, 6.45) is 0.716. The Balaban J connectivity index is -0.000000403. The van der Waals surface area contributed by atoms with Crippen molar-refractivity contribution in [1.82, 2.24) is 0 Å². The zero-order valence-corrected chi connectivity index (χ0v) is 10.8. The van der Waals surface area contributed by atoms with Crippen LogP contribution in [0.25, 0.3) is 0 Å². The maximum absolute atomic E-state index is 9.04. The van der Waals surface area contributed by atoms with Gasteiger partial charge < -0.3 is 21.4 Å². The molecule has 0 aliphatic heterocycles. The minimum Gasteiger partial charge on any atom is -0.870 e. The normalized spacial score (nSPS) is 7.79. The van der Waals surface area contributed by atoms with Gasteiger partial charge in [-0.25, -0.2) is 0 Å². The molecule has 0 atom stereocenters. The average molecular weight is 230 g/mol. The summed E-state index contributed by atoms with van der Waals surface area (Å²) in [6.45, 7) is 0.546. The predicted octanol–water partition coefficient (Wildman–Crippen LogP) is -2.15. The van der Waals surface area contributed by atoms with Gasteiger partial charge in [-0.3, -0.25) is 0 Å². The van der Waals surface area contributed by atoms with Gasteiger partial charge in [0.25, 0.3) is 0 Å². The third-order valence-electron chi connectivity index (χ3n) is 1.47. The van der Waals surface area contributed by atoms with Crippen molar-refractivity contribution in [1.29, 1.82) is 0 Å². The molecule has 14 heavy (non-hydrogen) atoms. The molecule has 1 rings (SSSR count). The van der Waals surface area contributed by atoms with E-state index >= 15 is 0 Å². The average Bonchev–Trinajstić information content (AvgIpc) is 1.98. The summed E-state index contributed by atoms with van der Waals surface area (Å²) in [5.41, 5.74) is 6.24. The van der Waals surface area contributed by atoms with Crippen LogP contribution in [0.3, 0.4) is 0 Å². The van der Waals surface area contributed by atoms with Crippen LogP contribution in [0, 0.1) is 0 Å². The van der Waals surface area contributed by atoms with Crippen molar-refractivity contribution in [2.45, 2.75) is 6.42 Å². The van der Waals surface area contributed by atoms with E-state index in [0.717, 1.165) is 5.56 Å². The number of aromatic hydroxyl groups is 2. The van der Waals surface area contributed by atoms with Crippen molar-refractivity contribution in [2.24, 2.45) is 5.73 Å². The second-order valence-corrected chi connectivity index (χ2v) is 2.36. The fourth-order valence-electron chi connectivity index (χ4n) is 0.891. The number of phenols is 2. The summed E-state index contributed by atoms with van der Waals surface area (Å²) in [6, 6.07) is 4.71. The van der Waals surface area contributed by atoms with E-state index in [0.29, 0.717) is 13.0 Å². The number of hydrogen-bond acceptors (Lipinski definition) is 4. The van der Waals surface area contributed by atoms with Crippen LogP contribution in [0.2, 0.25) is 0 Å². The fourth-order valence-corrected chi connectivity index (χ4v) is 0.891. The second kappa shape index (κ2) is 9.58. The summed E-state index contributed by atoms with van der Waals surface area (Å²) in [7, 11) is 0. The molecule has 0 amide bonds. The Morgan fingerprint density at radius 1 is 1.14 bits per heavy atom. The Morgan fingerprint density at radius 3 is 2.14 bits per heavy atom. The topological polar surface area (TPSA) is 96.5 Å². The summed E-state index contributed by atoms with van der Waals surface area (Å²) in [4.78, 5) is 0. The van der Waals surface area contributed by atoms with Crippen molar-refractivity contribution >= 4 is 12.4 Å². The molecule has 0 spiro atoms. The van der Waals surface area contributed by atoms with Gasteiger partial charge in [-0.2, -0.15) is 0 Å². The predicted molar refractivity (Wildman–Crippen MR) is 51.7 cm³/mol. The molecule has 5 N–H and O–H groups in total. The number of rotatable bonds is 2. The first-order valence-corrected chi connectivity index (χ1v) is 3.45. The largest absolute Gasteiger partial charge is 1.00 e. The Morgan fingerprint density at radius 2 is 1.71 bits per heavy atom. The van der Waals surface area contributed by atoms with E-state index in [1.807, 2.05) is 0 Å². The van der Waals surface area contributed by atoms with Crippen molar-refractivity contribution in [3.05, 3.63) is 23.8 Å². The van der Waals surface area contributed by atoms with E-state index in [1.54, 1.807) is 6.07 Å². The molecule has 0 aliphatic rings. The zero-order chi connectivity index (χ0) is 8.27.